The fourth-order valence-corrected chi connectivity index (χ4v) is 1.61. The number of para-hydroxylation sites is 1. The lowest BCUT2D eigenvalue weighted by molar-refractivity contribution is 0.0649. The highest BCUT2D eigenvalue weighted by atomic mass is 16.5. The van der Waals surface area contributed by atoms with Gasteiger partial charge in [-0.15, -0.1) is 0 Å². The number of hydrogen-bond donors (Lipinski definition) is 2. The summed E-state index contributed by atoms with van der Waals surface area (Å²) in [6.45, 7) is 7.24. The molecule has 2 N–H and O–H groups in total. The molecule has 0 bridgehead atoms. The van der Waals surface area contributed by atoms with E-state index in [1.165, 1.54) is 0 Å². The minimum absolute atomic E-state index is 0.113. The summed E-state index contributed by atoms with van der Waals surface area (Å²) in [5.41, 5.74) is 0.873. The Morgan fingerprint density at radius 1 is 1.32 bits per heavy atom. The number of rotatable bonds is 4. The van der Waals surface area contributed by atoms with Crippen LogP contribution in [0.2, 0.25) is 0 Å². The molecule has 0 saturated heterocycles. The van der Waals surface area contributed by atoms with Crippen molar-refractivity contribution in [1.29, 1.82) is 0 Å². The summed E-state index contributed by atoms with van der Waals surface area (Å²) < 4.78 is 5.19. The Hall–Kier alpha value is -1.88. The van der Waals surface area contributed by atoms with Crippen molar-refractivity contribution in [3.63, 3.8) is 0 Å². The van der Waals surface area contributed by atoms with Crippen LogP contribution in [-0.4, -0.2) is 26.9 Å². The molecule has 0 radical (unpaired) electrons. The molecule has 0 fully saturated rings. The minimum atomic E-state index is -0.822. The molecule has 1 heterocycles. The van der Waals surface area contributed by atoms with E-state index in [0.717, 1.165) is 11.3 Å². The van der Waals surface area contributed by atoms with Crippen LogP contribution in [0.15, 0.2) is 28.8 Å². The summed E-state index contributed by atoms with van der Waals surface area (Å²) in [6.07, 6.45) is 0. The molecule has 0 saturated carbocycles. The average molecular weight is 261 g/mol. The molecule has 0 aliphatic carbocycles. The fourth-order valence-electron chi connectivity index (χ4n) is 1.61. The summed E-state index contributed by atoms with van der Waals surface area (Å²) in [5, 5.41) is 17.1. The van der Waals surface area contributed by atoms with Crippen LogP contribution in [0.25, 0.3) is 11.5 Å². The predicted octanol–water partition coefficient (Wildman–Crippen LogP) is 2.62. The topological polar surface area (TPSA) is 71.2 Å². The van der Waals surface area contributed by atoms with Crippen LogP contribution in [0.1, 0.15) is 26.6 Å². The van der Waals surface area contributed by atoms with Gasteiger partial charge >= 0.3 is 0 Å². The predicted molar refractivity (Wildman–Crippen MR) is 73.9 cm³/mol. The lowest BCUT2D eigenvalue weighted by atomic mass is 10.00. The van der Waals surface area contributed by atoms with Gasteiger partial charge in [0.05, 0.1) is 17.2 Å². The quantitative estimate of drug-likeness (QED) is 0.885. The zero-order valence-electron chi connectivity index (χ0n) is 11.6. The maximum Gasteiger partial charge on any atom is 0.260 e. The van der Waals surface area contributed by atoms with Crippen molar-refractivity contribution in [2.24, 2.45) is 0 Å². The van der Waals surface area contributed by atoms with Gasteiger partial charge in [-0.05, 0) is 39.8 Å². The minimum Gasteiger partial charge on any atom is -0.388 e. The number of benzene rings is 1. The third-order valence-electron chi connectivity index (χ3n) is 3.12. The second kappa shape index (κ2) is 5.01. The van der Waals surface area contributed by atoms with E-state index in [9.17, 15) is 5.11 Å². The molecule has 0 aliphatic heterocycles. The molecule has 19 heavy (non-hydrogen) atoms. The van der Waals surface area contributed by atoms with Crippen molar-refractivity contribution >= 4 is 5.69 Å². The van der Waals surface area contributed by atoms with Crippen LogP contribution in [0.3, 0.4) is 0 Å². The Morgan fingerprint density at radius 2 is 2.00 bits per heavy atom. The largest absolute Gasteiger partial charge is 0.388 e. The van der Waals surface area contributed by atoms with Crippen molar-refractivity contribution in [2.75, 3.05) is 5.32 Å². The molecule has 102 valence electrons. The van der Waals surface area contributed by atoms with Crippen LogP contribution < -0.4 is 5.32 Å². The van der Waals surface area contributed by atoms with Crippen LogP contribution in [-0.2, 0) is 0 Å². The first-order chi connectivity index (χ1) is 8.88. The van der Waals surface area contributed by atoms with E-state index in [0.29, 0.717) is 11.7 Å². The molecule has 0 spiro atoms. The van der Waals surface area contributed by atoms with E-state index >= 15 is 0 Å². The average Bonchev–Trinajstić information content (AvgIpc) is 2.75. The van der Waals surface area contributed by atoms with Gasteiger partial charge in [0, 0.05) is 5.69 Å². The lowest BCUT2D eigenvalue weighted by Crippen LogP contribution is -2.39. The molecule has 5 heteroatoms. The number of aromatic nitrogens is 2. The second-order valence-corrected chi connectivity index (χ2v) is 5.21. The van der Waals surface area contributed by atoms with E-state index < -0.39 is 5.60 Å². The van der Waals surface area contributed by atoms with Crippen LogP contribution >= 0.6 is 0 Å². The first-order valence-electron chi connectivity index (χ1n) is 6.26. The Balaban J connectivity index is 2.32. The summed E-state index contributed by atoms with van der Waals surface area (Å²) in [6, 6.07) is 7.56. The van der Waals surface area contributed by atoms with Gasteiger partial charge in [0.1, 0.15) is 0 Å². The SMILES string of the molecule is Cc1noc(-c2ccccc2NC(C)C(C)(C)O)n1. The number of hydrogen-bond acceptors (Lipinski definition) is 5. The molecule has 0 aliphatic rings. The van der Waals surface area contributed by atoms with Crippen molar-refractivity contribution in [3.8, 4) is 11.5 Å². The van der Waals surface area contributed by atoms with Crippen molar-refractivity contribution in [1.82, 2.24) is 10.1 Å². The maximum absolute atomic E-state index is 10.00. The lowest BCUT2D eigenvalue weighted by Gasteiger charge is -2.28. The van der Waals surface area contributed by atoms with Crippen LogP contribution in [0.4, 0.5) is 5.69 Å². The zero-order valence-corrected chi connectivity index (χ0v) is 11.6. The van der Waals surface area contributed by atoms with Gasteiger partial charge in [-0.1, -0.05) is 17.3 Å². The third kappa shape index (κ3) is 3.12. The molecule has 5 nitrogen and oxygen atoms in total. The fraction of sp³-hybridized carbons (Fsp3) is 0.429. The number of nitrogens with one attached hydrogen (secondary N) is 1. The van der Waals surface area contributed by atoms with Crippen molar-refractivity contribution in [3.05, 3.63) is 30.1 Å². The Kier molecular flexibility index (Phi) is 3.57. The normalized spacial score (nSPS) is 13.3. The van der Waals surface area contributed by atoms with E-state index in [1.807, 2.05) is 31.2 Å². The first kappa shape index (κ1) is 13.5. The Bertz CT molecular complexity index is 558. The standard InChI is InChI=1S/C14H19N3O2/c1-9(14(3,4)18)15-12-8-6-5-7-11(12)13-16-10(2)17-19-13/h5-9,15,18H,1-4H3. The van der Waals surface area contributed by atoms with Gasteiger partial charge in [0.15, 0.2) is 5.82 Å². The maximum atomic E-state index is 10.00. The highest BCUT2D eigenvalue weighted by Crippen LogP contribution is 2.28. The second-order valence-electron chi connectivity index (χ2n) is 5.21. The highest BCUT2D eigenvalue weighted by molar-refractivity contribution is 5.72. The molecule has 2 rings (SSSR count). The van der Waals surface area contributed by atoms with Gasteiger partial charge in [0.25, 0.3) is 5.89 Å². The van der Waals surface area contributed by atoms with Gasteiger partial charge in [-0.2, -0.15) is 4.98 Å². The first-order valence-corrected chi connectivity index (χ1v) is 6.26. The number of anilines is 1. The van der Waals surface area contributed by atoms with Crippen molar-refractivity contribution in [2.45, 2.75) is 39.3 Å². The van der Waals surface area contributed by atoms with E-state index in [-0.39, 0.29) is 6.04 Å². The van der Waals surface area contributed by atoms with E-state index in [2.05, 4.69) is 15.5 Å². The molecule has 1 aromatic carbocycles. The smallest absolute Gasteiger partial charge is 0.260 e. The Morgan fingerprint density at radius 3 is 2.58 bits per heavy atom. The molecule has 1 unspecified atom stereocenters. The van der Waals surface area contributed by atoms with Gasteiger partial charge in [-0.3, -0.25) is 0 Å². The molecule has 1 atom stereocenters. The molecular weight excluding hydrogens is 242 g/mol. The van der Waals surface area contributed by atoms with Crippen LogP contribution in [0, 0.1) is 6.92 Å². The third-order valence-corrected chi connectivity index (χ3v) is 3.12. The molecule has 0 amide bonds. The highest BCUT2D eigenvalue weighted by Gasteiger charge is 2.23. The van der Waals surface area contributed by atoms with Crippen LogP contribution in [0.5, 0.6) is 0 Å². The van der Waals surface area contributed by atoms with E-state index in [4.69, 9.17) is 4.52 Å². The summed E-state index contributed by atoms with van der Waals surface area (Å²) in [4.78, 5) is 4.23. The monoisotopic (exact) mass is 261 g/mol. The summed E-state index contributed by atoms with van der Waals surface area (Å²) in [7, 11) is 0. The molecular formula is C14H19N3O2. The number of aliphatic hydroxyl groups is 1. The molecule has 2 aromatic rings. The number of aryl methyl sites for hydroxylation is 1. The summed E-state index contributed by atoms with van der Waals surface area (Å²) in [5.74, 6) is 1.07. The van der Waals surface area contributed by atoms with Gasteiger partial charge < -0.3 is 14.9 Å². The molecule has 1 aromatic heterocycles. The zero-order chi connectivity index (χ0) is 14.0. The van der Waals surface area contributed by atoms with Gasteiger partial charge in [0.2, 0.25) is 0 Å². The summed E-state index contributed by atoms with van der Waals surface area (Å²) >= 11 is 0. The van der Waals surface area contributed by atoms with E-state index in [1.54, 1.807) is 20.8 Å². The Labute approximate surface area is 112 Å². The van der Waals surface area contributed by atoms with Crippen molar-refractivity contribution < 1.29 is 9.63 Å². The van der Waals surface area contributed by atoms with Gasteiger partial charge in [-0.25, -0.2) is 0 Å². The number of nitrogens with zero attached hydrogens (tertiary/aromatic N) is 2.